The quantitative estimate of drug-likeness (QED) is 0.492. The molecule has 0 aliphatic rings. The zero-order valence-electron chi connectivity index (χ0n) is 15.2. The van der Waals surface area contributed by atoms with E-state index in [4.69, 9.17) is 13.9 Å². The molecule has 0 atom stereocenters. The van der Waals surface area contributed by atoms with E-state index in [0.29, 0.717) is 36.4 Å². The Balaban J connectivity index is 1.86. The molecule has 8 heteroatoms. The third kappa shape index (κ3) is 5.73. The predicted molar refractivity (Wildman–Crippen MR) is 99.7 cm³/mol. The molecule has 3 N–H and O–H groups in total. The molecular weight excluding hydrogens is 336 g/mol. The monoisotopic (exact) mass is 360 g/mol. The molecular formula is C18H24N4O4. The van der Waals surface area contributed by atoms with E-state index >= 15 is 0 Å². The van der Waals surface area contributed by atoms with Gasteiger partial charge in [0, 0.05) is 18.8 Å². The van der Waals surface area contributed by atoms with E-state index in [1.165, 1.54) is 0 Å². The van der Waals surface area contributed by atoms with Crippen LogP contribution in [0.15, 0.2) is 46.0 Å². The number of anilines is 1. The van der Waals surface area contributed by atoms with Gasteiger partial charge in [-0.2, -0.15) is 0 Å². The average Bonchev–Trinajstić information content (AvgIpc) is 3.17. The molecule has 0 fully saturated rings. The summed E-state index contributed by atoms with van der Waals surface area (Å²) in [6.45, 7) is 2.86. The van der Waals surface area contributed by atoms with E-state index in [1.54, 1.807) is 38.6 Å². The van der Waals surface area contributed by atoms with Crippen LogP contribution in [0.2, 0.25) is 0 Å². The van der Waals surface area contributed by atoms with Gasteiger partial charge in [0.05, 0.1) is 33.1 Å². The zero-order chi connectivity index (χ0) is 18.8. The maximum atomic E-state index is 11.9. The predicted octanol–water partition coefficient (Wildman–Crippen LogP) is 1.99. The fourth-order valence-electron chi connectivity index (χ4n) is 2.16. The van der Waals surface area contributed by atoms with E-state index in [0.717, 1.165) is 5.69 Å². The summed E-state index contributed by atoms with van der Waals surface area (Å²) in [5, 5.41) is 8.82. The summed E-state index contributed by atoms with van der Waals surface area (Å²) in [6.07, 6.45) is 1.57. The highest BCUT2D eigenvalue weighted by molar-refractivity contribution is 5.96. The van der Waals surface area contributed by atoms with E-state index in [1.807, 2.05) is 19.1 Å². The minimum Gasteiger partial charge on any atom is -0.493 e. The maximum Gasteiger partial charge on any atom is 0.239 e. The molecule has 0 aliphatic heterocycles. The fourth-order valence-corrected chi connectivity index (χ4v) is 2.16. The number of amides is 1. The summed E-state index contributed by atoms with van der Waals surface area (Å²) in [5.41, 5.74) is 0.762. The van der Waals surface area contributed by atoms with Gasteiger partial charge in [-0.1, -0.05) is 0 Å². The molecule has 2 rings (SSSR count). The Hall–Kier alpha value is -3.16. The van der Waals surface area contributed by atoms with Gasteiger partial charge in [0.15, 0.2) is 17.5 Å². The smallest absolute Gasteiger partial charge is 0.239 e. The van der Waals surface area contributed by atoms with Crippen LogP contribution in [0.4, 0.5) is 5.69 Å². The van der Waals surface area contributed by atoms with Crippen molar-refractivity contribution in [1.82, 2.24) is 10.6 Å². The second-order valence-electron chi connectivity index (χ2n) is 5.21. The van der Waals surface area contributed by atoms with Gasteiger partial charge >= 0.3 is 0 Å². The van der Waals surface area contributed by atoms with Crippen molar-refractivity contribution < 1.29 is 18.7 Å². The highest BCUT2D eigenvalue weighted by Crippen LogP contribution is 2.30. The number of carbonyl (C=O) groups is 1. The third-order valence-electron chi connectivity index (χ3n) is 3.41. The van der Waals surface area contributed by atoms with Crippen LogP contribution in [0.3, 0.4) is 0 Å². The van der Waals surface area contributed by atoms with Gasteiger partial charge in [0.2, 0.25) is 5.91 Å². The van der Waals surface area contributed by atoms with E-state index in [9.17, 15) is 4.79 Å². The van der Waals surface area contributed by atoms with Crippen LogP contribution < -0.4 is 25.4 Å². The fraction of sp³-hybridized carbons (Fsp3) is 0.333. The van der Waals surface area contributed by atoms with Crippen molar-refractivity contribution in [2.24, 2.45) is 4.99 Å². The first kappa shape index (κ1) is 19.2. The number of nitrogens with one attached hydrogen (secondary N) is 3. The number of carbonyl (C=O) groups excluding carboxylic acids is 1. The molecule has 0 aliphatic carbocycles. The van der Waals surface area contributed by atoms with Crippen molar-refractivity contribution in [3.05, 3.63) is 42.4 Å². The summed E-state index contributed by atoms with van der Waals surface area (Å²) >= 11 is 0. The van der Waals surface area contributed by atoms with Crippen LogP contribution >= 0.6 is 0 Å². The molecule has 0 radical (unpaired) electrons. The van der Waals surface area contributed by atoms with E-state index in [2.05, 4.69) is 20.9 Å². The van der Waals surface area contributed by atoms with Crippen molar-refractivity contribution in [1.29, 1.82) is 0 Å². The van der Waals surface area contributed by atoms with Gasteiger partial charge in [-0.25, -0.2) is 0 Å². The Morgan fingerprint density at radius 3 is 2.73 bits per heavy atom. The highest BCUT2D eigenvalue weighted by Gasteiger charge is 2.08. The summed E-state index contributed by atoms with van der Waals surface area (Å²) < 4.78 is 16.0. The van der Waals surface area contributed by atoms with E-state index in [-0.39, 0.29) is 12.5 Å². The average molecular weight is 360 g/mol. The summed E-state index contributed by atoms with van der Waals surface area (Å²) in [4.78, 5) is 16.0. The SMILES string of the molecule is CCOc1cc(NC(=NC)NCC(=O)NCc2ccco2)ccc1OC. The number of nitrogens with zero attached hydrogens (tertiary/aromatic N) is 1. The molecule has 140 valence electrons. The number of hydrogen-bond donors (Lipinski definition) is 3. The van der Waals surface area contributed by atoms with Crippen molar-refractivity contribution in [2.75, 3.05) is 32.6 Å². The van der Waals surface area contributed by atoms with E-state index < -0.39 is 0 Å². The standard InChI is InChI=1S/C18H24N4O4/c1-4-25-16-10-13(7-8-15(16)24-3)22-18(19-2)21-12-17(23)20-11-14-6-5-9-26-14/h5-10H,4,11-12H2,1-3H3,(H,20,23)(H2,19,21,22). The van der Waals surface area contributed by atoms with Crippen LogP contribution in [0.25, 0.3) is 0 Å². The molecule has 0 unspecified atom stereocenters. The molecule has 26 heavy (non-hydrogen) atoms. The van der Waals surface area contributed by atoms with Crippen LogP contribution in [-0.2, 0) is 11.3 Å². The first-order valence-electron chi connectivity index (χ1n) is 8.23. The number of benzene rings is 1. The molecule has 0 saturated carbocycles. The first-order chi connectivity index (χ1) is 12.7. The first-order valence-corrected chi connectivity index (χ1v) is 8.23. The second kappa shape index (κ2) is 9.97. The highest BCUT2D eigenvalue weighted by atomic mass is 16.5. The molecule has 1 aromatic carbocycles. The maximum absolute atomic E-state index is 11.9. The van der Waals surface area contributed by atoms with Crippen molar-refractivity contribution in [3.8, 4) is 11.5 Å². The molecule has 0 saturated heterocycles. The summed E-state index contributed by atoms with van der Waals surface area (Å²) in [7, 11) is 3.22. The lowest BCUT2D eigenvalue weighted by atomic mass is 10.2. The van der Waals surface area contributed by atoms with Gasteiger partial charge in [-0.05, 0) is 31.2 Å². The lowest BCUT2D eigenvalue weighted by Gasteiger charge is -2.14. The number of ether oxygens (including phenoxy) is 2. The number of methoxy groups -OCH3 is 1. The number of rotatable bonds is 8. The molecule has 1 aromatic heterocycles. The second-order valence-corrected chi connectivity index (χ2v) is 5.21. The van der Waals surface area contributed by atoms with Crippen molar-refractivity contribution in [3.63, 3.8) is 0 Å². The molecule has 0 bridgehead atoms. The van der Waals surface area contributed by atoms with Crippen LogP contribution in [0.1, 0.15) is 12.7 Å². The van der Waals surface area contributed by atoms with Gasteiger partial charge in [0.1, 0.15) is 5.76 Å². The van der Waals surface area contributed by atoms with Crippen molar-refractivity contribution in [2.45, 2.75) is 13.5 Å². The Morgan fingerprint density at radius 1 is 1.23 bits per heavy atom. The lowest BCUT2D eigenvalue weighted by molar-refractivity contribution is -0.120. The topological polar surface area (TPSA) is 97.1 Å². The molecule has 8 nitrogen and oxygen atoms in total. The Kier molecular flexibility index (Phi) is 7.35. The Bertz CT molecular complexity index is 729. The minimum absolute atomic E-state index is 0.0782. The minimum atomic E-state index is -0.172. The Labute approximate surface area is 152 Å². The number of hydrogen-bond acceptors (Lipinski definition) is 5. The molecule has 0 spiro atoms. The van der Waals surface area contributed by atoms with Crippen LogP contribution in [-0.4, -0.2) is 39.2 Å². The van der Waals surface area contributed by atoms with Gasteiger partial charge < -0.3 is 29.8 Å². The number of guanidine groups is 1. The molecule has 1 heterocycles. The summed E-state index contributed by atoms with van der Waals surface area (Å²) in [5.74, 6) is 2.27. The molecule has 2 aromatic rings. The van der Waals surface area contributed by atoms with Gasteiger partial charge in [-0.3, -0.25) is 9.79 Å². The van der Waals surface area contributed by atoms with Crippen LogP contribution in [0.5, 0.6) is 11.5 Å². The third-order valence-corrected chi connectivity index (χ3v) is 3.41. The normalized spacial score (nSPS) is 11.0. The number of furan rings is 1. The lowest BCUT2D eigenvalue weighted by Crippen LogP contribution is -2.39. The van der Waals surface area contributed by atoms with Crippen molar-refractivity contribution >= 4 is 17.6 Å². The van der Waals surface area contributed by atoms with Crippen LogP contribution in [0, 0.1) is 0 Å². The zero-order valence-corrected chi connectivity index (χ0v) is 15.2. The number of aliphatic imine (C=N–C) groups is 1. The van der Waals surface area contributed by atoms with Gasteiger partial charge in [0.25, 0.3) is 0 Å². The largest absolute Gasteiger partial charge is 0.493 e. The van der Waals surface area contributed by atoms with Gasteiger partial charge in [-0.15, -0.1) is 0 Å². The Morgan fingerprint density at radius 2 is 2.08 bits per heavy atom. The molecule has 1 amide bonds. The summed E-state index contributed by atoms with van der Waals surface area (Å²) in [6, 6.07) is 9.03.